The highest BCUT2D eigenvalue weighted by atomic mass is 32.2. The Morgan fingerprint density at radius 3 is 2.38 bits per heavy atom. The molecule has 0 saturated carbocycles. The second kappa shape index (κ2) is 9.28. The van der Waals surface area contributed by atoms with Gasteiger partial charge in [0.25, 0.3) is 0 Å². The molecule has 3 rings (SSSR count). The molecule has 0 spiro atoms. The number of rotatable bonds is 6. The molecule has 2 aromatic carbocycles. The zero-order valence-corrected chi connectivity index (χ0v) is 17.7. The number of aliphatic carboxylic acids is 1. The van der Waals surface area contributed by atoms with Crippen molar-refractivity contribution in [1.29, 1.82) is 0 Å². The van der Waals surface area contributed by atoms with E-state index >= 15 is 0 Å². The van der Waals surface area contributed by atoms with Crippen LogP contribution >= 0.6 is 0 Å². The van der Waals surface area contributed by atoms with E-state index in [1.54, 1.807) is 30.3 Å². The molecule has 0 radical (unpaired) electrons. The minimum Gasteiger partial charge on any atom is -0.481 e. The number of hydrogen-bond acceptors (Lipinski definition) is 6. The van der Waals surface area contributed by atoms with Crippen molar-refractivity contribution in [3.63, 3.8) is 0 Å². The van der Waals surface area contributed by atoms with Crippen molar-refractivity contribution in [3.05, 3.63) is 59.7 Å². The molecule has 0 bridgehead atoms. The summed E-state index contributed by atoms with van der Waals surface area (Å²) in [4.78, 5) is 10.2. The summed E-state index contributed by atoms with van der Waals surface area (Å²) in [5.41, 5.74) is 1.37. The van der Waals surface area contributed by atoms with Crippen LogP contribution in [0.5, 0.6) is 11.5 Å². The Kier molecular flexibility index (Phi) is 7.26. The number of carbonyl (C=O) groups is 1. The number of ether oxygens (including phenoxy) is 2. The molecule has 1 atom stereocenters. The van der Waals surface area contributed by atoms with Crippen molar-refractivity contribution in [2.45, 2.75) is 38.9 Å². The lowest BCUT2D eigenvalue weighted by Crippen LogP contribution is -2.34. The van der Waals surface area contributed by atoms with E-state index in [1.807, 2.05) is 39.0 Å². The summed E-state index contributed by atoms with van der Waals surface area (Å²) in [5.74, 6) is 0.200. The van der Waals surface area contributed by atoms with Crippen LogP contribution in [0.25, 0.3) is 0 Å². The summed E-state index contributed by atoms with van der Waals surface area (Å²) in [7, 11) is -3.53. The maximum absolute atomic E-state index is 11.2. The molecule has 8 heteroatoms. The Hall–Kier alpha value is -2.58. The van der Waals surface area contributed by atoms with E-state index in [4.69, 9.17) is 18.8 Å². The van der Waals surface area contributed by atoms with Crippen molar-refractivity contribution in [3.8, 4) is 11.5 Å². The lowest BCUT2D eigenvalue weighted by atomic mass is 9.85. The third-order valence-corrected chi connectivity index (χ3v) is 4.73. The summed E-state index contributed by atoms with van der Waals surface area (Å²) < 4.78 is 38.5. The molecular weight excluding hydrogens is 396 g/mol. The van der Waals surface area contributed by atoms with Gasteiger partial charge in [-0.15, -0.1) is 0 Å². The zero-order valence-electron chi connectivity index (χ0n) is 16.9. The molecule has 0 amide bonds. The first-order valence-corrected chi connectivity index (χ1v) is 10.9. The Balaban J connectivity index is 0.000000253. The summed E-state index contributed by atoms with van der Waals surface area (Å²) in [6.07, 6.45) is 0.757. The monoisotopic (exact) mass is 422 g/mol. The van der Waals surface area contributed by atoms with Gasteiger partial charge in [0.05, 0.1) is 18.1 Å². The van der Waals surface area contributed by atoms with Gasteiger partial charge in [-0.2, -0.15) is 8.42 Å². The molecule has 1 N–H and O–H groups in total. The number of carboxylic acids is 1. The van der Waals surface area contributed by atoms with Crippen LogP contribution in [0.15, 0.2) is 48.5 Å². The number of carboxylic acid groups (broad SMARTS) is 1. The average Bonchev–Trinajstić information content (AvgIpc) is 2.85. The number of benzene rings is 2. The van der Waals surface area contributed by atoms with E-state index in [9.17, 15) is 13.2 Å². The second-order valence-corrected chi connectivity index (χ2v) is 8.70. The fourth-order valence-corrected chi connectivity index (χ4v) is 3.35. The second-order valence-electron chi connectivity index (χ2n) is 7.13. The van der Waals surface area contributed by atoms with Gasteiger partial charge in [-0.1, -0.05) is 30.3 Å². The van der Waals surface area contributed by atoms with Gasteiger partial charge >= 0.3 is 16.1 Å². The van der Waals surface area contributed by atoms with Crippen LogP contribution in [0.3, 0.4) is 0 Å². The molecule has 29 heavy (non-hydrogen) atoms. The highest BCUT2D eigenvalue weighted by Crippen LogP contribution is 2.44. The molecule has 0 aliphatic carbocycles. The van der Waals surface area contributed by atoms with E-state index < -0.39 is 16.1 Å². The van der Waals surface area contributed by atoms with Gasteiger partial charge in [0.15, 0.2) is 0 Å². The van der Waals surface area contributed by atoms with Crippen LogP contribution in [-0.4, -0.2) is 38.6 Å². The Morgan fingerprint density at radius 1 is 1.17 bits per heavy atom. The van der Waals surface area contributed by atoms with Crippen LogP contribution < -0.4 is 8.92 Å². The van der Waals surface area contributed by atoms with E-state index in [2.05, 4.69) is 0 Å². The van der Waals surface area contributed by atoms with Crippen molar-refractivity contribution >= 4 is 16.1 Å². The smallest absolute Gasteiger partial charge is 0.307 e. The minimum absolute atomic E-state index is 0.112. The van der Waals surface area contributed by atoms with Gasteiger partial charge in [0, 0.05) is 12.2 Å². The summed E-state index contributed by atoms with van der Waals surface area (Å²) in [6, 6.07) is 14.1. The van der Waals surface area contributed by atoms with Crippen LogP contribution in [0.4, 0.5) is 0 Å². The maximum Gasteiger partial charge on any atom is 0.307 e. The summed E-state index contributed by atoms with van der Waals surface area (Å²) >= 11 is 0. The minimum atomic E-state index is -3.53. The zero-order chi connectivity index (χ0) is 21.7. The molecule has 158 valence electrons. The highest BCUT2D eigenvalue weighted by Gasteiger charge is 2.42. The summed E-state index contributed by atoms with van der Waals surface area (Å²) in [5, 5.41) is 8.37. The van der Waals surface area contributed by atoms with Gasteiger partial charge in [0.1, 0.15) is 11.5 Å². The molecule has 1 aliphatic rings. The molecule has 1 unspecified atom stereocenters. The first kappa shape index (κ1) is 22.7. The highest BCUT2D eigenvalue weighted by molar-refractivity contribution is 7.86. The molecule has 2 aromatic rings. The normalized spacial score (nSPS) is 16.8. The Labute approximate surface area is 171 Å². The van der Waals surface area contributed by atoms with Gasteiger partial charge < -0.3 is 18.8 Å². The lowest BCUT2D eigenvalue weighted by Gasteiger charge is -2.25. The maximum atomic E-state index is 11.2. The van der Waals surface area contributed by atoms with E-state index in [0.717, 1.165) is 17.4 Å². The average molecular weight is 422 g/mol. The Morgan fingerprint density at radius 2 is 1.83 bits per heavy atom. The van der Waals surface area contributed by atoms with Crippen LogP contribution in [0.1, 0.15) is 31.9 Å². The fraction of sp³-hybridized carbons (Fsp3) is 0.381. The largest absolute Gasteiger partial charge is 0.481 e. The molecule has 7 nitrogen and oxygen atoms in total. The van der Waals surface area contributed by atoms with E-state index in [1.165, 1.54) is 0 Å². The van der Waals surface area contributed by atoms with Gasteiger partial charge in [0.2, 0.25) is 6.29 Å². The lowest BCUT2D eigenvalue weighted by molar-refractivity contribution is -0.136. The van der Waals surface area contributed by atoms with Crippen molar-refractivity contribution < 1.29 is 32.0 Å². The van der Waals surface area contributed by atoms with Crippen molar-refractivity contribution in [2.24, 2.45) is 0 Å². The van der Waals surface area contributed by atoms with Crippen LogP contribution in [0, 0.1) is 0 Å². The predicted octanol–water partition coefficient (Wildman–Crippen LogP) is 3.37. The van der Waals surface area contributed by atoms with Crippen LogP contribution in [-0.2, 0) is 31.5 Å². The number of hydrogen-bond donors (Lipinski definition) is 1. The van der Waals surface area contributed by atoms with E-state index in [-0.39, 0.29) is 23.9 Å². The van der Waals surface area contributed by atoms with Gasteiger partial charge in [-0.3, -0.25) is 4.79 Å². The molecule has 1 aliphatic heterocycles. The first-order chi connectivity index (χ1) is 13.5. The quantitative estimate of drug-likeness (QED) is 0.713. The molecule has 0 fully saturated rings. The molecule has 0 saturated heterocycles. The van der Waals surface area contributed by atoms with Crippen molar-refractivity contribution in [1.82, 2.24) is 0 Å². The van der Waals surface area contributed by atoms with Gasteiger partial charge in [-0.25, -0.2) is 0 Å². The molecule has 0 aromatic heterocycles. The van der Waals surface area contributed by atoms with Crippen LogP contribution in [0.2, 0.25) is 0 Å². The fourth-order valence-electron chi connectivity index (χ4n) is 2.90. The third-order valence-electron chi connectivity index (χ3n) is 4.23. The molecule has 1 heterocycles. The molecular formula is C21H26O7S. The van der Waals surface area contributed by atoms with E-state index in [0.29, 0.717) is 12.4 Å². The van der Waals surface area contributed by atoms with Gasteiger partial charge in [-0.05, 0) is 44.5 Å². The standard InChI is InChI=1S/C13H18O5S.C8H8O2/c1-5-16-12-13(2,3)10-8-9(18-19(4,14)15)6-7-11(10)17-12;9-8(10)6-7-4-2-1-3-5-7/h6-8,12H,5H2,1-4H3;1-5H,6H2,(H,9,10). The Bertz CT molecular complexity index is 937. The topological polar surface area (TPSA) is 99.1 Å². The number of fused-ring (bicyclic) bond motifs is 1. The third kappa shape index (κ3) is 6.47. The predicted molar refractivity (Wildman–Crippen MR) is 109 cm³/mol. The van der Waals surface area contributed by atoms with Crippen molar-refractivity contribution in [2.75, 3.05) is 12.9 Å². The summed E-state index contributed by atoms with van der Waals surface area (Å²) in [6.45, 7) is 6.43. The SMILES string of the molecule is CCOC1Oc2ccc(OS(C)(=O)=O)cc2C1(C)C.O=C(O)Cc1ccccc1. The first-order valence-electron chi connectivity index (χ1n) is 9.11.